The van der Waals surface area contributed by atoms with Gasteiger partial charge in [0.05, 0.1) is 0 Å². The zero-order valence-corrected chi connectivity index (χ0v) is 10.8. The summed E-state index contributed by atoms with van der Waals surface area (Å²) >= 11 is 0. The van der Waals surface area contributed by atoms with Gasteiger partial charge in [0.1, 0.15) is 0 Å². The number of allylic oxidation sites excluding steroid dienone is 2. The van der Waals surface area contributed by atoms with Crippen molar-refractivity contribution in [3.05, 3.63) is 11.1 Å². The average molecular weight is 194 g/mol. The summed E-state index contributed by atoms with van der Waals surface area (Å²) in [6.07, 6.45) is 4.01. The quantitative estimate of drug-likeness (QED) is 0.566. The molecule has 0 heterocycles. The van der Waals surface area contributed by atoms with Crippen molar-refractivity contribution >= 4 is 0 Å². The van der Waals surface area contributed by atoms with Gasteiger partial charge in [-0.05, 0) is 43.9 Å². The third kappa shape index (κ3) is 1.53. The highest BCUT2D eigenvalue weighted by Crippen LogP contribution is 2.58. The Hall–Kier alpha value is -0.260. The zero-order valence-electron chi connectivity index (χ0n) is 10.8. The highest BCUT2D eigenvalue weighted by molar-refractivity contribution is 5.24. The van der Waals surface area contributed by atoms with Crippen LogP contribution < -0.4 is 0 Å². The molecular formula is C14H26. The van der Waals surface area contributed by atoms with Crippen LogP contribution in [0.15, 0.2) is 11.1 Å². The monoisotopic (exact) mass is 194 g/mol. The van der Waals surface area contributed by atoms with E-state index in [9.17, 15) is 0 Å². The summed E-state index contributed by atoms with van der Waals surface area (Å²) in [7, 11) is 0. The fourth-order valence-electron chi connectivity index (χ4n) is 3.57. The molecule has 0 aliphatic heterocycles. The van der Waals surface area contributed by atoms with Gasteiger partial charge in [-0.2, -0.15) is 0 Å². The molecule has 1 aliphatic carbocycles. The van der Waals surface area contributed by atoms with Crippen LogP contribution in [0.5, 0.6) is 0 Å². The Kier molecular flexibility index (Phi) is 3.44. The predicted molar refractivity (Wildman–Crippen MR) is 64.3 cm³/mol. The van der Waals surface area contributed by atoms with Crippen molar-refractivity contribution in [1.82, 2.24) is 0 Å². The molecule has 0 amide bonds. The van der Waals surface area contributed by atoms with Gasteiger partial charge in [-0.15, -0.1) is 0 Å². The van der Waals surface area contributed by atoms with Crippen LogP contribution in [0.4, 0.5) is 0 Å². The normalized spacial score (nSPS) is 36.4. The lowest BCUT2D eigenvalue weighted by Crippen LogP contribution is -2.46. The van der Waals surface area contributed by atoms with E-state index < -0.39 is 0 Å². The van der Waals surface area contributed by atoms with Crippen LogP contribution in [-0.4, -0.2) is 0 Å². The molecule has 0 nitrogen and oxygen atoms in total. The van der Waals surface area contributed by atoms with Gasteiger partial charge in [0.15, 0.2) is 0 Å². The minimum absolute atomic E-state index is 0.516. The first-order chi connectivity index (χ1) is 6.48. The molecule has 0 spiro atoms. The van der Waals surface area contributed by atoms with E-state index >= 15 is 0 Å². The van der Waals surface area contributed by atoms with Gasteiger partial charge in [-0.25, -0.2) is 0 Å². The van der Waals surface area contributed by atoms with Gasteiger partial charge in [0.2, 0.25) is 0 Å². The number of hydrogen-bond acceptors (Lipinski definition) is 0. The van der Waals surface area contributed by atoms with Crippen LogP contribution in [0.3, 0.4) is 0 Å². The molecule has 0 saturated heterocycles. The van der Waals surface area contributed by atoms with Crippen molar-refractivity contribution in [3.8, 4) is 0 Å². The Morgan fingerprint density at radius 1 is 1.29 bits per heavy atom. The van der Waals surface area contributed by atoms with E-state index in [4.69, 9.17) is 0 Å². The van der Waals surface area contributed by atoms with E-state index in [1.807, 2.05) is 0 Å². The van der Waals surface area contributed by atoms with Crippen LogP contribution in [0.2, 0.25) is 0 Å². The molecular weight excluding hydrogens is 168 g/mol. The fraction of sp³-hybridized carbons (Fsp3) is 0.857. The molecule has 1 fully saturated rings. The summed E-state index contributed by atoms with van der Waals surface area (Å²) in [5.41, 5.74) is 3.80. The van der Waals surface area contributed by atoms with E-state index in [2.05, 4.69) is 41.5 Å². The second-order valence-electron chi connectivity index (χ2n) is 5.36. The average Bonchev–Trinajstić information content (AvgIpc) is 2.14. The van der Waals surface area contributed by atoms with Crippen molar-refractivity contribution < 1.29 is 0 Å². The predicted octanol–water partition coefficient (Wildman–Crippen LogP) is 4.81. The Bertz CT molecular complexity index is 232. The van der Waals surface area contributed by atoms with E-state index in [0.29, 0.717) is 5.41 Å². The maximum Gasteiger partial charge on any atom is -0.00601 e. The topological polar surface area (TPSA) is 0 Å². The lowest BCUT2D eigenvalue weighted by atomic mass is 9.49. The van der Waals surface area contributed by atoms with Gasteiger partial charge < -0.3 is 0 Å². The molecule has 3 unspecified atom stereocenters. The SMILES string of the molecule is CCC(=C(C)C)C1(C)C(C)CC1CC. The summed E-state index contributed by atoms with van der Waals surface area (Å²) in [6.45, 7) is 14.1. The summed E-state index contributed by atoms with van der Waals surface area (Å²) < 4.78 is 0. The first-order valence-electron chi connectivity index (χ1n) is 6.15. The van der Waals surface area contributed by atoms with Gasteiger partial charge >= 0.3 is 0 Å². The largest absolute Gasteiger partial charge is 0.0767 e. The van der Waals surface area contributed by atoms with Gasteiger partial charge in [-0.1, -0.05) is 45.3 Å². The summed E-state index contributed by atoms with van der Waals surface area (Å²) in [5.74, 6) is 1.82. The van der Waals surface area contributed by atoms with Gasteiger partial charge in [-0.3, -0.25) is 0 Å². The Balaban J connectivity index is 2.98. The van der Waals surface area contributed by atoms with Gasteiger partial charge in [0.25, 0.3) is 0 Å². The molecule has 0 aromatic heterocycles. The van der Waals surface area contributed by atoms with Crippen LogP contribution in [0.25, 0.3) is 0 Å². The lowest BCUT2D eigenvalue weighted by Gasteiger charge is -2.55. The molecule has 0 radical (unpaired) electrons. The maximum atomic E-state index is 2.49. The molecule has 0 N–H and O–H groups in total. The number of hydrogen-bond donors (Lipinski definition) is 0. The van der Waals surface area contributed by atoms with Crippen LogP contribution >= 0.6 is 0 Å². The third-order valence-electron chi connectivity index (χ3n) is 4.61. The second-order valence-corrected chi connectivity index (χ2v) is 5.36. The highest BCUT2D eigenvalue weighted by Gasteiger charge is 2.49. The number of rotatable bonds is 3. The van der Waals surface area contributed by atoms with Crippen molar-refractivity contribution in [2.45, 2.75) is 60.8 Å². The molecule has 82 valence electrons. The zero-order chi connectivity index (χ0) is 10.9. The summed E-state index contributed by atoms with van der Waals surface area (Å²) in [6, 6.07) is 0. The van der Waals surface area contributed by atoms with Crippen molar-refractivity contribution in [2.75, 3.05) is 0 Å². The van der Waals surface area contributed by atoms with Crippen LogP contribution in [0.1, 0.15) is 60.8 Å². The van der Waals surface area contributed by atoms with Gasteiger partial charge in [0, 0.05) is 0 Å². The molecule has 0 bridgehead atoms. The maximum absolute atomic E-state index is 2.49. The van der Waals surface area contributed by atoms with Crippen molar-refractivity contribution in [1.29, 1.82) is 0 Å². The van der Waals surface area contributed by atoms with E-state index in [1.54, 1.807) is 11.1 Å². The van der Waals surface area contributed by atoms with Crippen LogP contribution in [-0.2, 0) is 0 Å². The third-order valence-corrected chi connectivity index (χ3v) is 4.61. The fourth-order valence-corrected chi connectivity index (χ4v) is 3.57. The first kappa shape index (κ1) is 11.8. The second kappa shape index (κ2) is 4.08. The minimum atomic E-state index is 0.516. The molecule has 1 saturated carbocycles. The highest BCUT2D eigenvalue weighted by atomic mass is 14.5. The molecule has 1 rings (SSSR count). The smallest absolute Gasteiger partial charge is 0.00601 e. The summed E-state index contributed by atoms with van der Waals surface area (Å²) in [4.78, 5) is 0. The van der Waals surface area contributed by atoms with Crippen molar-refractivity contribution in [3.63, 3.8) is 0 Å². The molecule has 1 aliphatic rings. The van der Waals surface area contributed by atoms with Crippen LogP contribution in [0, 0.1) is 17.3 Å². The summed E-state index contributed by atoms with van der Waals surface area (Å²) in [5, 5.41) is 0. The van der Waals surface area contributed by atoms with E-state index in [1.165, 1.54) is 19.3 Å². The first-order valence-corrected chi connectivity index (χ1v) is 6.15. The molecule has 3 atom stereocenters. The molecule has 0 aromatic rings. The molecule has 14 heavy (non-hydrogen) atoms. The Morgan fingerprint density at radius 3 is 2.14 bits per heavy atom. The Morgan fingerprint density at radius 2 is 1.86 bits per heavy atom. The van der Waals surface area contributed by atoms with E-state index in [0.717, 1.165) is 11.8 Å². The van der Waals surface area contributed by atoms with Crippen molar-refractivity contribution in [2.24, 2.45) is 17.3 Å². The van der Waals surface area contributed by atoms with E-state index in [-0.39, 0.29) is 0 Å². The minimum Gasteiger partial charge on any atom is -0.0767 e. The Labute approximate surface area is 89.8 Å². The molecule has 0 heteroatoms. The lowest BCUT2D eigenvalue weighted by molar-refractivity contribution is 0.00450. The standard InChI is InChI=1S/C14H26/c1-7-12-9-11(5)14(12,6)13(8-2)10(3)4/h11-12H,7-9H2,1-6H3. The molecule has 0 aromatic carbocycles.